The lowest BCUT2D eigenvalue weighted by atomic mass is 10.0. The van der Waals surface area contributed by atoms with Gasteiger partial charge in [0, 0.05) is 39.6 Å². The summed E-state index contributed by atoms with van der Waals surface area (Å²) in [6.07, 6.45) is 1.70. The lowest BCUT2D eigenvalue weighted by Crippen LogP contribution is -2.34. The number of rotatable bonds is 7. The van der Waals surface area contributed by atoms with Crippen molar-refractivity contribution in [2.24, 2.45) is 5.92 Å². The second-order valence-corrected chi connectivity index (χ2v) is 7.04. The van der Waals surface area contributed by atoms with Crippen LogP contribution < -0.4 is 5.32 Å². The smallest absolute Gasteiger partial charge is 0.298 e. The van der Waals surface area contributed by atoms with Crippen molar-refractivity contribution in [2.45, 2.75) is 52.6 Å². The lowest BCUT2D eigenvalue weighted by molar-refractivity contribution is -0.125. The highest BCUT2D eigenvalue weighted by atomic mass is 16.5. The summed E-state index contributed by atoms with van der Waals surface area (Å²) in [5.41, 5.74) is 0. The van der Waals surface area contributed by atoms with Crippen molar-refractivity contribution in [3.63, 3.8) is 0 Å². The first kappa shape index (κ1) is 20.9. The van der Waals surface area contributed by atoms with Crippen LogP contribution >= 0.6 is 0 Å². The first-order valence-corrected chi connectivity index (χ1v) is 9.38. The molecule has 1 aromatic rings. The molecule has 148 valence electrons. The van der Waals surface area contributed by atoms with Gasteiger partial charge in [-0.3, -0.25) is 9.59 Å². The summed E-state index contributed by atoms with van der Waals surface area (Å²) in [5, 5.41) is 11.8. The molecule has 0 fully saturated rings. The van der Waals surface area contributed by atoms with Crippen LogP contribution in [0.3, 0.4) is 0 Å². The highest BCUT2D eigenvalue weighted by molar-refractivity contribution is 5.93. The van der Waals surface area contributed by atoms with E-state index in [-0.39, 0.29) is 17.9 Å². The van der Waals surface area contributed by atoms with Gasteiger partial charge in [0.15, 0.2) is 5.82 Å². The highest BCUT2D eigenvalue weighted by Crippen LogP contribution is 2.22. The van der Waals surface area contributed by atoms with E-state index in [0.717, 1.165) is 18.1 Å². The van der Waals surface area contributed by atoms with Crippen molar-refractivity contribution in [2.75, 3.05) is 26.8 Å². The molecule has 1 atom stereocenters. The van der Waals surface area contributed by atoms with Gasteiger partial charge >= 0.3 is 0 Å². The van der Waals surface area contributed by atoms with Crippen molar-refractivity contribution in [1.82, 2.24) is 25.0 Å². The molecule has 0 aromatic carbocycles. The molecule has 0 saturated heterocycles. The average molecular weight is 375 g/mol. The third-order valence-corrected chi connectivity index (χ3v) is 4.46. The molecule has 0 spiro atoms. The molecule has 0 radical (unpaired) electrons. The molecule has 0 saturated carbocycles. The molecule has 2 rings (SSSR count). The molecular weight excluding hydrogens is 346 g/mol. The number of carbonyl (C=O) groups excluding carboxylic acids is 2. The van der Waals surface area contributed by atoms with E-state index < -0.39 is 0 Å². The highest BCUT2D eigenvalue weighted by Gasteiger charge is 2.26. The van der Waals surface area contributed by atoms with Crippen LogP contribution in [0.4, 0.5) is 0 Å². The van der Waals surface area contributed by atoms with Gasteiger partial charge in [-0.15, -0.1) is 10.2 Å². The van der Waals surface area contributed by atoms with Crippen LogP contribution in [0, 0.1) is 17.8 Å². The van der Waals surface area contributed by atoms with E-state index in [9.17, 15) is 9.59 Å². The van der Waals surface area contributed by atoms with Crippen LogP contribution in [0.5, 0.6) is 0 Å². The number of aromatic nitrogens is 3. The molecule has 0 unspecified atom stereocenters. The maximum atomic E-state index is 12.2. The number of fused-ring (bicyclic) bond motifs is 1. The van der Waals surface area contributed by atoms with Gasteiger partial charge < -0.3 is 19.5 Å². The monoisotopic (exact) mass is 375 g/mol. The fraction of sp³-hybridized carbons (Fsp3) is 0.684. The van der Waals surface area contributed by atoms with Gasteiger partial charge in [-0.1, -0.05) is 19.8 Å². The predicted octanol–water partition coefficient (Wildman–Crippen LogP) is 0.926. The number of amides is 2. The van der Waals surface area contributed by atoms with E-state index in [1.54, 1.807) is 18.9 Å². The predicted molar refractivity (Wildman–Crippen MR) is 101 cm³/mol. The Balaban J connectivity index is 2.17. The summed E-state index contributed by atoms with van der Waals surface area (Å²) in [5.74, 6) is 6.99. The van der Waals surface area contributed by atoms with Gasteiger partial charge in [0.05, 0.1) is 12.6 Å². The van der Waals surface area contributed by atoms with Gasteiger partial charge in [-0.05, 0) is 25.2 Å². The van der Waals surface area contributed by atoms with Crippen LogP contribution in [-0.2, 0) is 27.3 Å². The van der Waals surface area contributed by atoms with E-state index in [1.807, 2.05) is 4.57 Å². The fourth-order valence-electron chi connectivity index (χ4n) is 3.15. The number of hydrogen-bond acceptors (Lipinski definition) is 5. The number of ether oxygens (including phenoxy) is 1. The number of hydrogen-bond donors (Lipinski definition) is 1. The largest absolute Gasteiger partial charge is 0.384 e. The normalized spacial score (nSPS) is 14.8. The Morgan fingerprint density at radius 1 is 1.26 bits per heavy atom. The Kier molecular flexibility index (Phi) is 7.80. The van der Waals surface area contributed by atoms with Crippen LogP contribution in [0.15, 0.2) is 0 Å². The second-order valence-electron chi connectivity index (χ2n) is 7.04. The Morgan fingerprint density at radius 3 is 2.70 bits per heavy atom. The minimum atomic E-state index is -0.215. The molecule has 1 aliphatic heterocycles. The summed E-state index contributed by atoms with van der Waals surface area (Å²) in [6.45, 7) is 7.98. The number of nitrogens with one attached hydrogen (secondary N) is 1. The summed E-state index contributed by atoms with van der Waals surface area (Å²) in [6, 6.07) is -0.215. The molecule has 1 N–H and O–H groups in total. The summed E-state index contributed by atoms with van der Waals surface area (Å²) < 4.78 is 7.02. The SMILES string of the molecule is CC#CC(=O)N1CCc2nnc([C@H](CC(C)C)NC(=O)CCOC)n2CC1. The van der Waals surface area contributed by atoms with Crippen molar-refractivity contribution in [1.29, 1.82) is 0 Å². The zero-order chi connectivity index (χ0) is 19.8. The van der Waals surface area contributed by atoms with E-state index >= 15 is 0 Å². The van der Waals surface area contributed by atoms with E-state index in [1.165, 1.54) is 0 Å². The zero-order valence-electron chi connectivity index (χ0n) is 16.6. The fourth-order valence-corrected chi connectivity index (χ4v) is 3.15. The molecule has 1 aliphatic rings. The van der Waals surface area contributed by atoms with Gasteiger partial charge in [-0.2, -0.15) is 0 Å². The van der Waals surface area contributed by atoms with Crippen LogP contribution in [0.2, 0.25) is 0 Å². The average Bonchev–Trinajstić information content (AvgIpc) is 2.90. The van der Waals surface area contributed by atoms with Crippen molar-refractivity contribution >= 4 is 11.8 Å². The zero-order valence-corrected chi connectivity index (χ0v) is 16.6. The van der Waals surface area contributed by atoms with Gasteiger partial charge in [0.1, 0.15) is 5.82 Å². The maximum absolute atomic E-state index is 12.2. The van der Waals surface area contributed by atoms with E-state index in [0.29, 0.717) is 45.0 Å². The summed E-state index contributed by atoms with van der Waals surface area (Å²) in [4.78, 5) is 26.0. The van der Waals surface area contributed by atoms with Crippen molar-refractivity contribution < 1.29 is 14.3 Å². The lowest BCUT2D eigenvalue weighted by Gasteiger charge is -2.21. The molecule has 0 bridgehead atoms. The van der Waals surface area contributed by atoms with Crippen molar-refractivity contribution in [3.05, 3.63) is 11.6 Å². The number of carbonyl (C=O) groups is 2. The topological polar surface area (TPSA) is 89.3 Å². The molecule has 8 heteroatoms. The van der Waals surface area contributed by atoms with Gasteiger partial charge in [0.25, 0.3) is 5.91 Å². The Morgan fingerprint density at radius 2 is 2.04 bits per heavy atom. The molecule has 27 heavy (non-hydrogen) atoms. The van der Waals surface area contributed by atoms with Gasteiger partial charge in [-0.25, -0.2) is 0 Å². The quantitative estimate of drug-likeness (QED) is 0.716. The van der Waals surface area contributed by atoms with Crippen molar-refractivity contribution in [3.8, 4) is 11.8 Å². The Hall–Kier alpha value is -2.40. The Bertz CT molecular complexity index is 717. The minimum Gasteiger partial charge on any atom is -0.384 e. The number of methoxy groups -OCH3 is 1. The second kappa shape index (κ2) is 10.1. The van der Waals surface area contributed by atoms with Gasteiger partial charge in [0.2, 0.25) is 5.91 Å². The first-order valence-electron chi connectivity index (χ1n) is 9.38. The molecule has 0 aliphatic carbocycles. The molecule has 2 amide bonds. The van der Waals surface area contributed by atoms with Crippen LogP contribution in [0.25, 0.3) is 0 Å². The van der Waals surface area contributed by atoms with E-state index in [4.69, 9.17) is 4.74 Å². The third-order valence-electron chi connectivity index (χ3n) is 4.46. The number of nitrogens with zero attached hydrogens (tertiary/aromatic N) is 4. The molecule has 1 aromatic heterocycles. The summed E-state index contributed by atoms with van der Waals surface area (Å²) in [7, 11) is 1.58. The maximum Gasteiger partial charge on any atom is 0.298 e. The minimum absolute atomic E-state index is 0.0662. The Labute approximate surface area is 160 Å². The summed E-state index contributed by atoms with van der Waals surface area (Å²) >= 11 is 0. The van der Waals surface area contributed by atoms with E-state index in [2.05, 4.69) is 41.2 Å². The molecular formula is C19H29N5O3. The van der Waals surface area contributed by atoms with Crippen LogP contribution in [0.1, 0.15) is 51.3 Å². The molecule has 2 heterocycles. The van der Waals surface area contributed by atoms with Crippen LogP contribution in [-0.4, -0.2) is 58.3 Å². The third kappa shape index (κ3) is 5.79. The standard InChI is InChI=1S/C19H29N5O3/c1-5-6-18(26)23-9-7-16-21-22-19(24(16)11-10-23)15(13-14(2)3)20-17(25)8-12-27-4/h14-15H,7-13H2,1-4H3,(H,20,25)/t15-/m0/s1. The first-order chi connectivity index (χ1) is 13.0. The molecule has 8 nitrogen and oxygen atoms in total.